The van der Waals surface area contributed by atoms with Crippen LogP contribution in [0, 0.1) is 5.82 Å². The van der Waals surface area contributed by atoms with Crippen molar-refractivity contribution < 1.29 is 21.2 Å². The molecule has 1 fully saturated rings. The molecule has 0 bridgehead atoms. The first-order valence-electron chi connectivity index (χ1n) is 8.61. The summed E-state index contributed by atoms with van der Waals surface area (Å²) in [6, 6.07) is 7.62. The monoisotopic (exact) mass is 432 g/mol. The summed E-state index contributed by atoms with van der Waals surface area (Å²) in [7, 11) is -7.31. The van der Waals surface area contributed by atoms with E-state index in [4.69, 9.17) is 0 Å². The predicted molar refractivity (Wildman–Crippen MR) is 102 cm³/mol. The lowest BCUT2D eigenvalue weighted by Gasteiger charge is -2.34. The third-order valence-electron chi connectivity index (χ3n) is 4.52. The van der Waals surface area contributed by atoms with Gasteiger partial charge in [0.1, 0.15) is 10.0 Å². The highest BCUT2D eigenvalue weighted by atomic mass is 32.2. The summed E-state index contributed by atoms with van der Waals surface area (Å²) in [5, 5.41) is 1.72. The van der Waals surface area contributed by atoms with Crippen LogP contribution in [0.1, 0.15) is 25.7 Å². The first kappa shape index (κ1) is 20.4. The fourth-order valence-electron chi connectivity index (χ4n) is 3.16. The minimum absolute atomic E-state index is 0.0180. The molecule has 3 rings (SSSR count). The molecule has 1 N–H and O–H groups in total. The van der Waals surface area contributed by atoms with Crippen LogP contribution >= 0.6 is 11.3 Å². The molecule has 0 aliphatic carbocycles. The third-order valence-corrected chi connectivity index (χ3v) is 9.33. The highest BCUT2D eigenvalue weighted by Gasteiger charge is 2.34. The molecule has 1 aliphatic heterocycles. The Morgan fingerprint density at radius 3 is 2.52 bits per heavy atom. The lowest BCUT2D eigenvalue weighted by atomic mass is 10.0. The first-order valence-corrected chi connectivity index (χ1v) is 12.4. The molecule has 2 aromatic rings. The zero-order valence-electron chi connectivity index (χ0n) is 14.5. The van der Waals surface area contributed by atoms with Crippen molar-refractivity contribution in [1.29, 1.82) is 0 Å². The normalized spacial score (nSPS) is 19.2. The van der Waals surface area contributed by atoms with Crippen molar-refractivity contribution in [2.45, 2.75) is 40.8 Å². The average molecular weight is 433 g/mol. The predicted octanol–water partition coefficient (Wildman–Crippen LogP) is 2.80. The second-order valence-electron chi connectivity index (χ2n) is 6.34. The van der Waals surface area contributed by atoms with Gasteiger partial charge in [0.05, 0.1) is 4.90 Å². The van der Waals surface area contributed by atoms with Gasteiger partial charge in [-0.15, -0.1) is 11.3 Å². The Bertz CT molecular complexity index is 958. The molecule has 1 aliphatic rings. The van der Waals surface area contributed by atoms with Gasteiger partial charge in [-0.05, 0) is 55.0 Å². The Labute approximate surface area is 163 Å². The van der Waals surface area contributed by atoms with Gasteiger partial charge in [0.15, 0.2) is 0 Å². The van der Waals surface area contributed by atoms with Gasteiger partial charge in [-0.1, -0.05) is 12.5 Å². The molecule has 2 heterocycles. The third kappa shape index (κ3) is 4.75. The maximum atomic E-state index is 13.0. The van der Waals surface area contributed by atoms with Gasteiger partial charge >= 0.3 is 0 Å². The number of nitrogens with one attached hydrogen (secondary N) is 1. The van der Waals surface area contributed by atoms with E-state index < -0.39 is 25.9 Å². The Kier molecular flexibility index (Phi) is 6.32. The molecule has 27 heavy (non-hydrogen) atoms. The molecule has 1 atom stereocenters. The van der Waals surface area contributed by atoms with Crippen molar-refractivity contribution in [1.82, 2.24) is 9.03 Å². The van der Waals surface area contributed by atoms with Crippen LogP contribution < -0.4 is 4.72 Å². The fourth-order valence-corrected chi connectivity index (χ4v) is 7.05. The minimum atomic E-state index is -3.76. The zero-order valence-corrected chi connectivity index (χ0v) is 17.0. The first-order chi connectivity index (χ1) is 12.8. The van der Waals surface area contributed by atoms with Gasteiger partial charge < -0.3 is 0 Å². The molecule has 0 spiro atoms. The largest absolute Gasteiger partial charge is 0.252 e. The molecule has 10 heteroatoms. The van der Waals surface area contributed by atoms with Crippen LogP contribution in [0.25, 0.3) is 0 Å². The van der Waals surface area contributed by atoms with Crippen molar-refractivity contribution in [3.63, 3.8) is 0 Å². The molecule has 1 aromatic heterocycles. The summed E-state index contributed by atoms with van der Waals surface area (Å²) < 4.78 is 67.5. The lowest BCUT2D eigenvalue weighted by molar-refractivity contribution is 0.242. The highest BCUT2D eigenvalue weighted by Crippen LogP contribution is 2.29. The number of rotatable bonds is 7. The quantitative estimate of drug-likeness (QED) is 0.729. The Balaban J connectivity index is 1.66. The van der Waals surface area contributed by atoms with Crippen molar-refractivity contribution in [2.75, 3.05) is 13.1 Å². The van der Waals surface area contributed by atoms with Gasteiger partial charge in [0.25, 0.3) is 10.0 Å². The number of piperidine rings is 1. The number of nitrogens with zero attached hydrogens (tertiary/aromatic N) is 1. The van der Waals surface area contributed by atoms with E-state index in [0.29, 0.717) is 23.6 Å². The molecule has 0 amide bonds. The van der Waals surface area contributed by atoms with Gasteiger partial charge in [0, 0.05) is 19.1 Å². The molecule has 148 valence electrons. The van der Waals surface area contributed by atoms with E-state index in [1.54, 1.807) is 17.5 Å². The summed E-state index contributed by atoms with van der Waals surface area (Å²) in [5.41, 5.74) is 0. The van der Waals surface area contributed by atoms with Crippen molar-refractivity contribution in [2.24, 2.45) is 0 Å². The molecule has 0 saturated carbocycles. The van der Waals surface area contributed by atoms with Crippen LogP contribution in [0.3, 0.4) is 0 Å². The summed E-state index contributed by atoms with van der Waals surface area (Å²) in [5.74, 6) is -0.509. The molecule has 0 radical (unpaired) electrons. The Morgan fingerprint density at radius 1 is 1.11 bits per heavy atom. The highest BCUT2D eigenvalue weighted by molar-refractivity contribution is 7.91. The van der Waals surface area contributed by atoms with Crippen LogP contribution in [-0.2, 0) is 20.0 Å². The van der Waals surface area contributed by atoms with E-state index in [2.05, 4.69) is 4.72 Å². The summed E-state index contributed by atoms with van der Waals surface area (Å²) in [6.07, 6.45) is 2.78. The lowest BCUT2D eigenvalue weighted by Crippen LogP contribution is -2.44. The second kappa shape index (κ2) is 8.36. The van der Waals surface area contributed by atoms with Crippen LogP contribution in [-0.4, -0.2) is 40.3 Å². The van der Waals surface area contributed by atoms with Crippen LogP contribution in [0.4, 0.5) is 4.39 Å². The van der Waals surface area contributed by atoms with Crippen LogP contribution in [0.15, 0.2) is 50.9 Å². The number of halogens is 1. The zero-order chi connectivity index (χ0) is 19.5. The number of sulfonamides is 2. The molecular formula is C17H21FN2O4S3. The molecule has 1 aromatic carbocycles. The summed E-state index contributed by atoms with van der Waals surface area (Å²) in [6.45, 7) is 0.552. The van der Waals surface area contributed by atoms with Gasteiger partial charge in [-0.25, -0.2) is 25.9 Å². The number of thiophene rings is 1. The van der Waals surface area contributed by atoms with E-state index >= 15 is 0 Å². The fraction of sp³-hybridized carbons (Fsp3) is 0.412. The van der Waals surface area contributed by atoms with Crippen molar-refractivity contribution >= 4 is 31.4 Å². The van der Waals surface area contributed by atoms with Crippen molar-refractivity contribution in [3.05, 3.63) is 47.6 Å². The maximum Gasteiger partial charge on any atom is 0.252 e. The van der Waals surface area contributed by atoms with E-state index in [-0.39, 0.29) is 17.5 Å². The topological polar surface area (TPSA) is 83.6 Å². The van der Waals surface area contributed by atoms with Gasteiger partial charge in [-0.2, -0.15) is 4.31 Å². The second-order valence-corrected chi connectivity index (χ2v) is 11.2. The Hall–Kier alpha value is -1.33. The molecule has 1 unspecified atom stereocenters. The van der Waals surface area contributed by atoms with E-state index in [1.165, 1.54) is 27.8 Å². The number of benzene rings is 1. The van der Waals surface area contributed by atoms with Gasteiger partial charge in [0.2, 0.25) is 10.0 Å². The minimum Gasteiger partial charge on any atom is -0.211 e. The van der Waals surface area contributed by atoms with Gasteiger partial charge in [-0.3, -0.25) is 0 Å². The van der Waals surface area contributed by atoms with Crippen LogP contribution in [0.5, 0.6) is 0 Å². The smallest absolute Gasteiger partial charge is 0.211 e. The maximum absolute atomic E-state index is 13.0. The summed E-state index contributed by atoms with van der Waals surface area (Å²) >= 11 is 1.18. The van der Waals surface area contributed by atoms with Crippen molar-refractivity contribution in [3.8, 4) is 0 Å². The molecular weight excluding hydrogens is 411 g/mol. The summed E-state index contributed by atoms with van der Waals surface area (Å²) in [4.78, 5) is -0.0180. The number of hydrogen-bond acceptors (Lipinski definition) is 5. The molecule has 6 nitrogen and oxygen atoms in total. The van der Waals surface area contributed by atoms with E-state index in [0.717, 1.165) is 25.0 Å². The van der Waals surface area contributed by atoms with E-state index in [1.807, 2.05) is 0 Å². The standard InChI is InChI=1S/C17H21FN2O4S3/c18-14-6-8-16(9-7-14)26(21,22)19-11-10-15-4-1-2-12-20(15)27(23,24)17-5-3-13-25-17/h3,5-9,13,15,19H,1-2,4,10-12H2. The number of hydrogen-bond donors (Lipinski definition) is 1. The Morgan fingerprint density at radius 2 is 1.85 bits per heavy atom. The average Bonchev–Trinajstić information content (AvgIpc) is 3.18. The SMILES string of the molecule is O=S(=O)(NCCC1CCCCN1S(=O)(=O)c1cccs1)c1ccc(F)cc1. The van der Waals surface area contributed by atoms with E-state index in [9.17, 15) is 21.2 Å². The van der Waals surface area contributed by atoms with Crippen LogP contribution in [0.2, 0.25) is 0 Å². The molecule has 1 saturated heterocycles.